The van der Waals surface area contributed by atoms with Crippen molar-refractivity contribution in [2.24, 2.45) is 7.05 Å². The summed E-state index contributed by atoms with van der Waals surface area (Å²) in [6, 6.07) is 6.61. The maximum atomic E-state index is 12.8. The van der Waals surface area contributed by atoms with Gasteiger partial charge in [0.1, 0.15) is 5.82 Å². The fraction of sp³-hybridized carbons (Fsp3) is 0.250. The minimum absolute atomic E-state index is 0.196. The molecule has 0 saturated heterocycles. The summed E-state index contributed by atoms with van der Waals surface area (Å²) in [7, 11) is 1.96. The van der Waals surface area contributed by atoms with E-state index < -0.39 is 0 Å². The molecule has 0 aliphatic rings. The van der Waals surface area contributed by atoms with Gasteiger partial charge in [0, 0.05) is 24.7 Å². The molecule has 2 rings (SSSR count). The Labute approximate surface area is 98.5 Å². The molecular formula is C12H13FN2S. The monoisotopic (exact) mass is 236 g/mol. The highest BCUT2D eigenvalue weighted by molar-refractivity contribution is 7.99. The number of hydrogen-bond donors (Lipinski definition) is 0. The Bertz CT molecular complexity index is 464. The molecule has 2 nitrogen and oxygen atoms in total. The SMILES string of the molecule is CC(Sc1nccn1C)c1ccc(F)cc1. The van der Waals surface area contributed by atoms with Gasteiger partial charge in [-0.2, -0.15) is 0 Å². The van der Waals surface area contributed by atoms with Crippen molar-refractivity contribution in [3.63, 3.8) is 0 Å². The van der Waals surface area contributed by atoms with Gasteiger partial charge >= 0.3 is 0 Å². The van der Waals surface area contributed by atoms with Gasteiger partial charge in [0.25, 0.3) is 0 Å². The Hall–Kier alpha value is -1.29. The summed E-state index contributed by atoms with van der Waals surface area (Å²) in [4.78, 5) is 4.25. The average Bonchev–Trinajstić information content (AvgIpc) is 2.65. The van der Waals surface area contributed by atoms with E-state index in [-0.39, 0.29) is 11.1 Å². The van der Waals surface area contributed by atoms with E-state index in [4.69, 9.17) is 0 Å². The van der Waals surface area contributed by atoms with E-state index in [1.165, 1.54) is 12.1 Å². The van der Waals surface area contributed by atoms with E-state index in [1.807, 2.05) is 29.9 Å². The highest BCUT2D eigenvalue weighted by Gasteiger charge is 2.10. The molecule has 1 heterocycles. The summed E-state index contributed by atoms with van der Waals surface area (Å²) in [6.07, 6.45) is 3.69. The van der Waals surface area contributed by atoms with Crippen LogP contribution in [0.25, 0.3) is 0 Å². The van der Waals surface area contributed by atoms with Gasteiger partial charge in [0.05, 0.1) is 0 Å². The highest BCUT2D eigenvalue weighted by atomic mass is 32.2. The Morgan fingerprint density at radius 2 is 2.00 bits per heavy atom. The fourth-order valence-electron chi connectivity index (χ4n) is 1.43. The first-order valence-corrected chi connectivity index (χ1v) is 5.94. The van der Waals surface area contributed by atoms with Crippen molar-refractivity contribution in [3.05, 3.63) is 48.0 Å². The number of imidazole rings is 1. The van der Waals surface area contributed by atoms with Crippen LogP contribution in [0.2, 0.25) is 0 Å². The molecule has 0 amide bonds. The Balaban J connectivity index is 2.11. The second-order valence-electron chi connectivity index (χ2n) is 3.63. The Kier molecular flexibility index (Phi) is 3.29. The molecule has 2 aromatic rings. The van der Waals surface area contributed by atoms with E-state index in [2.05, 4.69) is 11.9 Å². The molecular weight excluding hydrogens is 223 g/mol. The van der Waals surface area contributed by atoms with Crippen molar-refractivity contribution in [3.8, 4) is 0 Å². The maximum absolute atomic E-state index is 12.8. The molecule has 1 unspecified atom stereocenters. The quantitative estimate of drug-likeness (QED) is 0.760. The predicted molar refractivity (Wildman–Crippen MR) is 63.9 cm³/mol. The minimum Gasteiger partial charge on any atom is -0.329 e. The smallest absolute Gasteiger partial charge is 0.168 e. The van der Waals surface area contributed by atoms with Crippen LogP contribution in [0.5, 0.6) is 0 Å². The summed E-state index contributed by atoms with van der Waals surface area (Å²) in [5.74, 6) is -0.196. The van der Waals surface area contributed by atoms with Crippen LogP contribution in [-0.2, 0) is 7.05 Å². The van der Waals surface area contributed by atoms with Gasteiger partial charge in [0.15, 0.2) is 5.16 Å². The molecule has 0 aliphatic carbocycles. The summed E-state index contributed by atoms with van der Waals surface area (Å²) >= 11 is 1.67. The summed E-state index contributed by atoms with van der Waals surface area (Å²) in [6.45, 7) is 2.09. The largest absolute Gasteiger partial charge is 0.329 e. The van der Waals surface area contributed by atoms with Crippen molar-refractivity contribution in [2.45, 2.75) is 17.3 Å². The predicted octanol–water partition coefficient (Wildman–Crippen LogP) is 3.41. The van der Waals surface area contributed by atoms with Gasteiger partial charge in [-0.25, -0.2) is 9.37 Å². The van der Waals surface area contributed by atoms with Gasteiger partial charge in [0.2, 0.25) is 0 Å². The summed E-state index contributed by atoms with van der Waals surface area (Å²) < 4.78 is 14.7. The van der Waals surface area contributed by atoms with Crippen LogP contribution < -0.4 is 0 Å². The molecule has 0 aliphatic heterocycles. The first-order valence-electron chi connectivity index (χ1n) is 5.06. The molecule has 16 heavy (non-hydrogen) atoms. The molecule has 1 aromatic carbocycles. The van der Waals surface area contributed by atoms with Crippen LogP contribution in [0.15, 0.2) is 41.8 Å². The third-order valence-corrected chi connectivity index (χ3v) is 3.63. The zero-order chi connectivity index (χ0) is 11.5. The number of thioether (sulfide) groups is 1. The standard InChI is InChI=1S/C12H13FN2S/c1-9(10-3-5-11(13)6-4-10)16-12-14-7-8-15(12)2/h3-9H,1-2H3. The number of aromatic nitrogens is 2. The lowest BCUT2D eigenvalue weighted by atomic mass is 10.2. The lowest BCUT2D eigenvalue weighted by Gasteiger charge is -2.10. The molecule has 0 N–H and O–H groups in total. The molecule has 84 valence electrons. The molecule has 0 saturated carbocycles. The van der Waals surface area contributed by atoms with Crippen LogP contribution in [0, 0.1) is 5.82 Å². The van der Waals surface area contributed by atoms with E-state index in [0.717, 1.165) is 10.7 Å². The van der Waals surface area contributed by atoms with Crippen molar-refractivity contribution >= 4 is 11.8 Å². The topological polar surface area (TPSA) is 17.8 Å². The number of halogens is 1. The van der Waals surface area contributed by atoms with Crippen LogP contribution in [-0.4, -0.2) is 9.55 Å². The zero-order valence-electron chi connectivity index (χ0n) is 9.22. The van der Waals surface area contributed by atoms with E-state index in [9.17, 15) is 4.39 Å². The van der Waals surface area contributed by atoms with Crippen molar-refractivity contribution in [1.82, 2.24) is 9.55 Å². The normalized spacial score (nSPS) is 12.7. The van der Waals surface area contributed by atoms with E-state index in [1.54, 1.807) is 18.0 Å². The van der Waals surface area contributed by atoms with Gasteiger partial charge in [-0.05, 0) is 24.6 Å². The van der Waals surface area contributed by atoms with Crippen LogP contribution >= 0.6 is 11.8 Å². The van der Waals surface area contributed by atoms with Crippen molar-refractivity contribution in [2.75, 3.05) is 0 Å². The van der Waals surface area contributed by atoms with Crippen molar-refractivity contribution in [1.29, 1.82) is 0 Å². The maximum Gasteiger partial charge on any atom is 0.168 e. The first-order chi connectivity index (χ1) is 7.66. The fourth-order valence-corrected chi connectivity index (χ4v) is 2.38. The molecule has 1 atom stereocenters. The van der Waals surface area contributed by atoms with Gasteiger partial charge < -0.3 is 4.57 Å². The highest BCUT2D eigenvalue weighted by Crippen LogP contribution is 2.33. The third kappa shape index (κ3) is 2.44. The first kappa shape index (κ1) is 11.2. The van der Waals surface area contributed by atoms with Crippen LogP contribution in [0.1, 0.15) is 17.7 Å². The molecule has 4 heteroatoms. The van der Waals surface area contributed by atoms with Gasteiger partial charge in [-0.1, -0.05) is 23.9 Å². The van der Waals surface area contributed by atoms with Gasteiger partial charge in [-0.3, -0.25) is 0 Å². The number of nitrogens with zero attached hydrogens (tertiary/aromatic N) is 2. The molecule has 0 radical (unpaired) electrons. The van der Waals surface area contributed by atoms with E-state index in [0.29, 0.717) is 0 Å². The molecule has 1 aromatic heterocycles. The Morgan fingerprint density at radius 3 is 2.56 bits per heavy atom. The molecule has 0 bridgehead atoms. The summed E-state index contributed by atoms with van der Waals surface area (Å²) in [5, 5.41) is 1.23. The second kappa shape index (κ2) is 4.70. The van der Waals surface area contributed by atoms with Crippen LogP contribution in [0.3, 0.4) is 0 Å². The van der Waals surface area contributed by atoms with Crippen molar-refractivity contribution < 1.29 is 4.39 Å². The summed E-state index contributed by atoms with van der Waals surface area (Å²) in [5.41, 5.74) is 1.11. The number of benzene rings is 1. The number of aryl methyl sites for hydroxylation is 1. The van der Waals surface area contributed by atoms with Crippen LogP contribution in [0.4, 0.5) is 4.39 Å². The molecule has 0 spiro atoms. The number of rotatable bonds is 3. The number of hydrogen-bond acceptors (Lipinski definition) is 2. The second-order valence-corrected chi connectivity index (χ2v) is 4.94. The third-order valence-electron chi connectivity index (χ3n) is 2.40. The van der Waals surface area contributed by atoms with Gasteiger partial charge in [-0.15, -0.1) is 0 Å². The average molecular weight is 236 g/mol. The minimum atomic E-state index is -0.196. The lowest BCUT2D eigenvalue weighted by Crippen LogP contribution is -1.93. The lowest BCUT2D eigenvalue weighted by molar-refractivity contribution is 0.627. The molecule has 0 fully saturated rings. The Morgan fingerprint density at radius 1 is 1.31 bits per heavy atom. The van der Waals surface area contributed by atoms with E-state index >= 15 is 0 Å². The zero-order valence-corrected chi connectivity index (χ0v) is 10.0.